The van der Waals surface area contributed by atoms with Crippen molar-refractivity contribution in [3.05, 3.63) is 23.8 Å². The number of hydrogen-bond donors (Lipinski definition) is 0. The number of fused-ring (bicyclic) bond motifs is 1. The fraction of sp³-hybridized carbons (Fsp3) is 0.632. The van der Waals surface area contributed by atoms with E-state index in [0.29, 0.717) is 30.3 Å². The smallest absolute Gasteiger partial charge is 0.258 e. The fourth-order valence-corrected chi connectivity index (χ4v) is 3.94. The van der Waals surface area contributed by atoms with Gasteiger partial charge in [-0.25, -0.2) is 0 Å². The summed E-state index contributed by atoms with van der Waals surface area (Å²) in [6.07, 6.45) is 3.32. The second kappa shape index (κ2) is 7.62. The molecule has 0 saturated carbocycles. The zero-order chi connectivity index (χ0) is 17.1. The summed E-state index contributed by atoms with van der Waals surface area (Å²) in [5.74, 6) is 1.36. The lowest BCUT2D eigenvalue weighted by molar-refractivity contribution is 0.0164. The molecule has 25 heavy (non-hydrogen) atoms. The molecular weight excluding hydrogens is 320 g/mol. The summed E-state index contributed by atoms with van der Waals surface area (Å²) >= 11 is 0. The molecule has 3 aliphatic rings. The maximum atomic E-state index is 13.3. The number of piperidine rings is 1. The normalized spacial score (nSPS) is 24.2. The van der Waals surface area contributed by atoms with Crippen molar-refractivity contribution >= 4 is 5.91 Å². The molecule has 0 aliphatic carbocycles. The van der Waals surface area contributed by atoms with Crippen molar-refractivity contribution in [1.82, 2.24) is 9.80 Å². The van der Waals surface area contributed by atoms with Gasteiger partial charge >= 0.3 is 0 Å². The molecule has 0 radical (unpaired) electrons. The zero-order valence-electron chi connectivity index (χ0n) is 14.6. The van der Waals surface area contributed by atoms with Crippen LogP contribution in [0.5, 0.6) is 11.5 Å². The molecule has 0 N–H and O–H groups in total. The van der Waals surface area contributed by atoms with Crippen LogP contribution in [0.15, 0.2) is 18.2 Å². The van der Waals surface area contributed by atoms with Crippen LogP contribution in [-0.2, 0) is 4.74 Å². The van der Waals surface area contributed by atoms with Gasteiger partial charge in [0.25, 0.3) is 5.91 Å². The highest BCUT2D eigenvalue weighted by atomic mass is 16.6. The van der Waals surface area contributed by atoms with Crippen molar-refractivity contribution in [1.29, 1.82) is 0 Å². The summed E-state index contributed by atoms with van der Waals surface area (Å²) in [7, 11) is 0. The lowest BCUT2D eigenvalue weighted by Crippen LogP contribution is -2.51. The maximum absolute atomic E-state index is 13.3. The Kier molecular flexibility index (Phi) is 5.08. The van der Waals surface area contributed by atoms with E-state index in [1.54, 1.807) is 0 Å². The standard InChI is InChI=1S/C19H26N2O4/c22-19(16-5-3-6-17-18(16)25-13-12-24-17)21-7-2-1-4-15(21)14-20-8-10-23-11-9-20/h3,5-6,15H,1-2,4,7-14H2. The molecule has 0 spiro atoms. The van der Waals surface area contributed by atoms with Crippen molar-refractivity contribution in [2.24, 2.45) is 0 Å². The van der Waals surface area contributed by atoms with E-state index >= 15 is 0 Å². The first-order valence-electron chi connectivity index (χ1n) is 9.32. The second-order valence-electron chi connectivity index (χ2n) is 6.89. The third-order valence-corrected chi connectivity index (χ3v) is 5.26. The van der Waals surface area contributed by atoms with Crippen LogP contribution in [0.3, 0.4) is 0 Å². The summed E-state index contributed by atoms with van der Waals surface area (Å²) in [5, 5.41) is 0. The Morgan fingerprint density at radius 1 is 1.04 bits per heavy atom. The minimum atomic E-state index is 0.0697. The molecule has 136 valence electrons. The Labute approximate surface area is 148 Å². The van der Waals surface area contributed by atoms with E-state index < -0.39 is 0 Å². The molecule has 1 aromatic carbocycles. The molecule has 1 atom stereocenters. The van der Waals surface area contributed by atoms with Crippen molar-refractivity contribution in [2.75, 3.05) is 52.6 Å². The van der Waals surface area contributed by atoms with E-state index in [4.69, 9.17) is 14.2 Å². The lowest BCUT2D eigenvalue weighted by Gasteiger charge is -2.40. The number of hydrogen-bond acceptors (Lipinski definition) is 5. The Hall–Kier alpha value is -1.79. The highest BCUT2D eigenvalue weighted by Crippen LogP contribution is 2.35. The molecule has 0 bridgehead atoms. The van der Waals surface area contributed by atoms with Crippen molar-refractivity contribution < 1.29 is 19.0 Å². The predicted molar refractivity (Wildman–Crippen MR) is 93.4 cm³/mol. The van der Waals surface area contributed by atoms with Crippen molar-refractivity contribution in [2.45, 2.75) is 25.3 Å². The van der Waals surface area contributed by atoms with Crippen LogP contribution in [0.4, 0.5) is 0 Å². The van der Waals surface area contributed by atoms with E-state index in [2.05, 4.69) is 4.90 Å². The van der Waals surface area contributed by atoms with Crippen LogP contribution in [0, 0.1) is 0 Å². The number of rotatable bonds is 3. The van der Waals surface area contributed by atoms with Crippen LogP contribution >= 0.6 is 0 Å². The van der Waals surface area contributed by atoms with Gasteiger partial charge in [0.1, 0.15) is 13.2 Å². The van der Waals surface area contributed by atoms with Gasteiger partial charge in [-0.1, -0.05) is 6.07 Å². The molecule has 2 fully saturated rings. The lowest BCUT2D eigenvalue weighted by atomic mass is 9.99. The van der Waals surface area contributed by atoms with Gasteiger partial charge in [-0.3, -0.25) is 9.69 Å². The Morgan fingerprint density at radius 3 is 2.76 bits per heavy atom. The monoisotopic (exact) mass is 346 g/mol. The fourth-order valence-electron chi connectivity index (χ4n) is 3.94. The molecular formula is C19H26N2O4. The van der Waals surface area contributed by atoms with Gasteiger partial charge in [0.05, 0.1) is 18.8 Å². The Balaban J connectivity index is 1.53. The summed E-state index contributed by atoms with van der Waals surface area (Å²) in [6.45, 7) is 6.27. The predicted octanol–water partition coefficient (Wildman–Crippen LogP) is 1.78. The highest BCUT2D eigenvalue weighted by molar-refractivity contribution is 5.98. The van der Waals surface area contributed by atoms with Gasteiger partial charge in [-0.05, 0) is 31.4 Å². The third-order valence-electron chi connectivity index (χ3n) is 5.26. The number of carbonyl (C=O) groups is 1. The molecule has 6 heteroatoms. The third kappa shape index (κ3) is 3.60. The summed E-state index contributed by atoms with van der Waals surface area (Å²) in [5.41, 5.74) is 0.631. The van der Waals surface area contributed by atoms with Gasteiger partial charge in [0.15, 0.2) is 11.5 Å². The van der Waals surface area contributed by atoms with Crippen LogP contribution in [0.2, 0.25) is 0 Å². The quantitative estimate of drug-likeness (QED) is 0.835. The molecule has 1 amide bonds. The van der Waals surface area contributed by atoms with E-state index in [0.717, 1.165) is 52.2 Å². The van der Waals surface area contributed by atoms with Crippen molar-refractivity contribution in [3.8, 4) is 11.5 Å². The van der Waals surface area contributed by atoms with E-state index in [1.165, 1.54) is 6.42 Å². The Bertz CT molecular complexity index is 615. The van der Waals surface area contributed by atoms with Gasteiger partial charge in [0, 0.05) is 32.2 Å². The summed E-state index contributed by atoms with van der Waals surface area (Å²) in [6, 6.07) is 5.87. The van der Waals surface area contributed by atoms with Crippen LogP contribution in [-0.4, -0.2) is 74.4 Å². The minimum absolute atomic E-state index is 0.0697. The largest absolute Gasteiger partial charge is 0.486 e. The average molecular weight is 346 g/mol. The van der Waals surface area contributed by atoms with Crippen LogP contribution in [0.1, 0.15) is 29.6 Å². The number of ether oxygens (including phenoxy) is 3. The number of nitrogens with zero attached hydrogens (tertiary/aromatic N) is 2. The number of likely N-dealkylation sites (tertiary alicyclic amines) is 1. The van der Waals surface area contributed by atoms with Crippen molar-refractivity contribution in [3.63, 3.8) is 0 Å². The first kappa shape index (κ1) is 16.7. The molecule has 4 rings (SSSR count). The molecule has 3 aliphatic heterocycles. The van der Waals surface area contributed by atoms with Gasteiger partial charge in [-0.15, -0.1) is 0 Å². The second-order valence-corrected chi connectivity index (χ2v) is 6.89. The number of morpholine rings is 1. The van der Waals surface area contributed by atoms with Gasteiger partial charge in [-0.2, -0.15) is 0 Å². The minimum Gasteiger partial charge on any atom is -0.486 e. The van der Waals surface area contributed by atoms with Gasteiger partial charge in [0.2, 0.25) is 0 Å². The highest BCUT2D eigenvalue weighted by Gasteiger charge is 2.32. The molecule has 1 aromatic rings. The Morgan fingerprint density at radius 2 is 1.88 bits per heavy atom. The zero-order valence-corrected chi connectivity index (χ0v) is 14.6. The SMILES string of the molecule is O=C(c1cccc2c1OCCO2)N1CCCCC1CN1CCOCC1. The molecule has 3 heterocycles. The first-order chi connectivity index (χ1) is 12.3. The summed E-state index contributed by atoms with van der Waals surface area (Å²) < 4.78 is 16.8. The van der Waals surface area contributed by atoms with E-state index in [1.807, 2.05) is 23.1 Å². The van der Waals surface area contributed by atoms with Crippen LogP contribution in [0.25, 0.3) is 0 Å². The van der Waals surface area contributed by atoms with E-state index in [9.17, 15) is 4.79 Å². The van der Waals surface area contributed by atoms with Gasteiger partial charge < -0.3 is 19.1 Å². The topological polar surface area (TPSA) is 51.2 Å². The number of carbonyl (C=O) groups excluding carboxylic acids is 1. The number of benzene rings is 1. The first-order valence-corrected chi connectivity index (χ1v) is 9.32. The average Bonchev–Trinajstić information content (AvgIpc) is 2.68. The molecule has 1 unspecified atom stereocenters. The molecule has 2 saturated heterocycles. The summed E-state index contributed by atoms with van der Waals surface area (Å²) in [4.78, 5) is 17.7. The molecule has 6 nitrogen and oxygen atoms in total. The number of amides is 1. The van der Waals surface area contributed by atoms with E-state index in [-0.39, 0.29) is 11.9 Å². The maximum Gasteiger partial charge on any atom is 0.258 e. The number of para-hydroxylation sites is 1. The molecule has 0 aromatic heterocycles. The van der Waals surface area contributed by atoms with Crippen LogP contribution < -0.4 is 9.47 Å².